The van der Waals surface area contributed by atoms with Crippen LogP contribution in [0.2, 0.25) is 0 Å². The average molecular weight is 197 g/mol. The van der Waals surface area contributed by atoms with Crippen molar-refractivity contribution in [3.63, 3.8) is 0 Å². The molecule has 6 nitrogen and oxygen atoms in total. The van der Waals surface area contributed by atoms with E-state index in [4.69, 9.17) is 0 Å². The zero-order valence-electron chi connectivity index (χ0n) is 8.69. The Morgan fingerprint density at radius 1 is 1.64 bits per heavy atom. The molecule has 0 fully saturated rings. The molecule has 0 bridgehead atoms. The van der Waals surface area contributed by atoms with Crippen LogP contribution in [-0.4, -0.2) is 46.3 Å². The lowest BCUT2D eigenvalue weighted by Gasteiger charge is -2.11. The summed E-state index contributed by atoms with van der Waals surface area (Å²) < 4.78 is 1.84. The SMILES string of the molecule is CN(C)C(=O)NCCc1nncn1C. The summed E-state index contributed by atoms with van der Waals surface area (Å²) in [7, 11) is 5.29. The first kappa shape index (κ1) is 10.5. The highest BCUT2D eigenvalue weighted by atomic mass is 16.2. The number of urea groups is 1. The van der Waals surface area contributed by atoms with Gasteiger partial charge in [-0.2, -0.15) is 0 Å². The Morgan fingerprint density at radius 3 is 2.86 bits per heavy atom. The van der Waals surface area contributed by atoms with Crippen LogP contribution in [0.5, 0.6) is 0 Å². The summed E-state index contributed by atoms with van der Waals surface area (Å²) >= 11 is 0. The quantitative estimate of drug-likeness (QED) is 0.719. The van der Waals surface area contributed by atoms with Crippen molar-refractivity contribution in [2.75, 3.05) is 20.6 Å². The average Bonchev–Trinajstić information content (AvgIpc) is 2.51. The van der Waals surface area contributed by atoms with Crippen molar-refractivity contribution in [3.05, 3.63) is 12.2 Å². The molecule has 1 heterocycles. The van der Waals surface area contributed by atoms with Gasteiger partial charge in [0.05, 0.1) is 0 Å². The lowest BCUT2D eigenvalue weighted by molar-refractivity contribution is 0.217. The summed E-state index contributed by atoms with van der Waals surface area (Å²) in [6.07, 6.45) is 2.33. The van der Waals surface area contributed by atoms with E-state index in [9.17, 15) is 4.79 Å². The van der Waals surface area contributed by atoms with Gasteiger partial charge in [-0.15, -0.1) is 10.2 Å². The number of hydrogen-bond acceptors (Lipinski definition) is 3. The van der Waals surface area contributed by atoms with E-state index in [0.717, 1.165) is 5.82 Å². The predicted octanol–water partition coefficient (Wildman–Crippen LogP) is -0.371. The summed E-state index contributed by atoms with van der Waals surface area (Å²) in [6, 6.07) is -0.0906. The minimum atomic E-state index is -0.0906. The molecule has 0 aliphatic rings. The fraction of sp³-hybridized carbons (Fsp3) is 0.625. The highest BCUT2D eigenvalue weighted by Gasteiger charge is 2.03. The van der Waals surface area contributed by atoms with Crippen LogP contribution in [0.1, 0.15) is 5.82 Å². The molecule has 0 spiro atoms. The molecule has 6 heteroatoms. The van der Waals surface area contributed by atoms with Crippen molar-refractivity contribution in [2.24, 2.45) is 7.05 Å². The van der Waals surface area contributed by atoms with Crippen molar-refractivity contribution in [1.29, 1.82) is 0 Å². The maximum Gasteiger partial charge on any atom is 0.316 e. The van der Waals surface area contributed by atoms with Crippen molar-refractivity contribution in [2.45, 2.75) is 6.42 Å². The highest BCUT2D eigenvalue weighted by molar-refractivity contribution is 5.73. The van der Waals surface area contributed by atoms with Crippen molar-refractivity contribution in [1.82, 2.24) is 25.0 Å². The summed E-state index contributed by atoms with van der Waals surface area (Å²) in [6.45, 7) is 0.573. The molecule has 1 aromatic heterocycles. The smallest absolute Gasteiger partial charge is 0.316 e. The molecule has 1 rings (SSSR count). The van der Waals surface area contributed by atoms with Gasteiger partial charge >= 0.3 is 6.03 Å². The molecule has 0 aliphatic heterocycles. The standard InChI is InChI=1S/C8H15N5O/c1-12(2)8(14)9-5-4-7-11-10-6-13(7)3/h6H,4-5H2,1-3H3,(H,9,14). The second-order valence-corrected chi connectivity index (χ2v) is 3.23. The van der Waals surface area contributed by atoms with Crippen LogP contribution in [0, 0.1) is 0 Å². The Balaban J connectivity index is 2.29. The van der Waals surface area contributed by atoms with E-state index in [1.165, 1.54) is 4.90 Å². The Hall–Kier alpha value is -1.59. The van der Waals surface area contributed by atoms with Crippen molar-refractivity contribution >= 4 is 6.03 Å². The fourth-order valence-electron chi connectivity index (χ4n) is 0.973. The van der Waals surface area contributed by atoms with Crippen LogP contribution in [0.4, 0.5) is 4.79 Å². The van der Waals surface area contributed by atoms with E-state index in [0.29, 0.717) is 13.0 Å². The Bertz CT molecular complexity index is 306. The third-order valence-corrected chi connectivity index (χ3v) is 1.84. The molecule has 0 saturated heterocycles. The molecule has 1 aromatic rings. The zero-order chi connectivity index (χ0) is 10.6. The Kier molecular flexibility index (Phi) is 3.44. The fourth-order valence-corrected chi connectivity index (χ4v) is 0.973. The third-order valence-electron chi connectivity index (χ3n) is 1.84. The molecule has 0 unspecified atom stereocenters. The molecule has 0 saturated carbocycles. The highest BCUT2D eigenvalue weighted by Crippen LogP contribution is 1.91. The summed E-state index contributed by atoms with van der Waals surface area (Å²) in [5.74, 6) is 0.865. The maximum absolute atomic E-state index is 11.1. The molecular formula is C8H15N5O. The molecule has 0 aliphatic carbocycles. The summed E-state index contributed by atoms with van der Waals surface area (Å²) in [5.41, 5.74) is 0. The summed E-state index contributed by atoms with van der Waals surface area (Å²) in [4.78, 5) is 12.6. The molecule has 0 radical (unpaired) electrons. The van der Waals surface area contributed by atoms with E-state index >= 15 is 0 Å². The number of aromatic nitrogens is 3. The van der Waals surface area contributed by atoms with E-state index in [1.807, 2.05) is 11.6 Å². The van der Waals surface area contributed by atoms with E-state index in [-0.39, 0.29) is 6.03 Å². The van der Waals surface area contributed by atoms with Crippen LogP contribution < -0.4 is 5.32 Å². The first-order chi connectivity index (χ1) is 6.61. The maximum atomic E-state index is 11.1. The molecule has 0 atom stereocenters. The van der Waals surface area contributed by atoms with E-state index in [2.05, 4.69) is 15.5 Å². The van der Waals surface area contributed by atoms with Gasteiger partial charge in [-0.3, -0.25) is 0 Å². The van der Waals surface area contributed by atoms with E-state index in [1.54, 1.807) is 20.4 Å². The number of nitrogens with zero attached hydrogens (tertiary/aromatic N) is 4. The first-order valence-electron chi connectivity index (χ1n) is 4.39. The molecule has 2 amide bonds. The number of carbonyl (C=O) groups is 1. The Labute approximate surface area is 82.9 Å². The molecule has 78 valence electrons. The van der Waals surface area contributed by atoms with Gasteiger partial charge in [-0.25, -0.2) is 4.79 Å². The van der Waals surface area contributed by atoms with Crippen LogP contribution in [-0.2, 0) is 13.5 Å². The predicted molar refractivity (Wildman–Crippen MR) is 51.8 cm³/mol. The number of hydrogen-bond donors (Lipinski definition) is 1. The van der Waals surface area contributed by atoms with Crippen LogP contribution >= 0.6 is 0 Å². The van der Waals surface area contributed by atoms with Gasteiger partial charge < -0.3 is 14.8 Å². The number of carbonyl (C=O) groups excluding carboxylic acids is 1. The monoisotopic (exact) mass is 197 g/mol. The number of nitrogens with one attached hydrogen (secondary N) is 1. The van der Waals surface area contributed by atoms with Gasteiger partial charge in [0.1, 0.15) is 12.2 Å². The molecule has 14 heavy (non-hydrogen) atoms. The number of rotatable bonds is 3. The van der Waals surface area contributed by atoms with Crippen molar-refractivity contribution < 1.29 is 4.79 Å². The van der Waals surface area contributed by atoms with Crippen LogP contribution in [0.25, 0.3) is 0 Å². The van der Waals surface area contributed by atoms with Gasteiger partial charge in [0.2, 0.25) is 0 Å². The second kappa shape index (κ2) is 4.59. The van der Waals surface area contributed by atoms with Crippen molar-refractivity contribution in [3.8, 4) is 0 Å². The number of amides is 2. The minimum absolute atomic E-state index is 0.0906. The van der Waals surface area contributed by atoms with Crippen LogP contribution in [0.3, 0.4) is 0 Å². The third kappa shape index (κ3) is 2.72. The Morgan fingerprint density at radius 2 is 2.36 bits per heavy atom. The van der Waals surface area contributed by atoms with Crippen LogP contribution in [0.15, 0.2) is 6.33 Å². The lowest BCUT2D eigenvalue weighted by Crippen LogP contribution is -2.35. The van der Waals surface area contributed by atoms with E-state index < -0.39 is 0 Å². The zero-order valence-corrected chi connectivity index (χ0v) is 8.69. The molecule has 1 N–H and O–H groups in total. The first-order valence-corrected chi connectivity index (χ1v) is 4.39. The normalized spacial score (nSPS) is 9.93. The molecule has 0 aromatic carbocycles. The summed E-state index contributed by atoms with van der Waals surface area (Å²) in [5, 5.41) is 10.4. The topological polar surface area (TPSA) is 63.1 Å². The van der Waals surface area contributed by atoms with Gasteiger partial charge in [0.15, 0.2) is 0 Å². The number of aryl methyl sites for hydroxylation is 1. The minimum Gasteiger partial charge on any atom is -0.338 e. The second-order valence-electron chi connectivity index (χ2n) is 3.23. The van der Waals surface area contributed by atoms with Gasteiger partial charge in [0, 0.05) is 34.1 Å². The van der Waals surface area contributed by atoms with Gasteiger partial charge in [-0.1, -0.05) is 0 Å². The molecular weight excluding hydrogens is 182 g/mol. The largest absolute Gasteiger partial charge is 0.338 e. The van der Waals surface area contributed by atoms with Gasteiger partial charge in [0.25, 0.3) is 0 Å². The van der Waals surface area contributed by atoms with Gasteiger partial charge in [-0.05, 0) is 0 Å². The lowest BCUT2D eigenvalue weighted by atomic mass is 10.4.